The standard InChI is InChI=1S/C12H17ClN2OS/c1-8-7-14-5-6-15(8)12(16)9(2)10-3-4-11(13)17-10/h3-4,8-9,14H,5-7H2,1-2H3. The van der Waals surface area contributed by atoms with Crippen molar-refractivity contribution in [1.29, 1.82) is 0 Å². The first-order valence-electron chi connectivity index (χ1n) is 5.86. The van der Waals surface area contributed by atoms with E-state index in [1.807, 2.05) is 24.0 Å². The van der Waals surface area contributed by atoms with Crippen molar-refractivity contribution in [1.82, 2.24) is 10.2 Å². The first kappa shape index (κ1) is 12.9. The SMILES string of the molecule is CC(C(=O)N1CCNCC1C)c1ccc(Cl)s1. The van der Waals surface area contributed by atoms with E-state index in [4.69, 9.17) is 11.6 Å². The molecule has 1 aliphatic rings. The van der Waals surface area contributed by atoms with E-state index < -0.39 is 0 Å². The average Bonchev–Trinajstić information content (AvgIpc) is 2.75. The van der Waals surface area contributed by atoms with Crippen molar-refractivity contribution in [3.8, 4) is 0 Å². The topological polar surface area (TPSA) is 32.3 Å². The molecule has 2 unspecified atom stereocenters. The predicted octanol–water partition coefficient (Wildman–Crippen LogP) is 2.33. The van der Waals surface area contributed by atoms with Gasteiger partial charge in [0.15, 0.2) is 0 Å². The molecular weight excluding hydrogens is 256 g/mol. The summed E-state index contributed by atoms with van der Waals surface area (Å²) >= 11 is 7.40. The van der Waals surface area contributed by atoms with Crippen LogP contribution in [0.1, 0.15) is 24.6 Å². The summed E-state index contributed by atoms with van der Waals surface area (Å²) in [6.07, 6.45) is 0. The maximum absolute atomic E-state index is 12.4. The van der Waals surface area contributed by atoms with E-state index in [0.29, 0.717) is 0 Å². The number of thiophene rings is 1. The smallest absolute Gasteiger partial charge is 0.230 e. The van der Waals surface area contributed by atoms with E-state index in [9.17, 15) is 4.79 Å². The molecule has 0 aliphatic carbocycles. The molecule has 5 heteroatoms. The molecule has 0 saturated carbocycles. The lowest BCUT2D eigenvalue weighted by Gasteiger charge is -2.35. The molecule has 2 rings (SSSR count). The van der Waals surface area contributed by atoms with Crippen LogP contribution in [0.4, 0.5) is 0 Å². The Kier molecular flexibility index (Phi) is 4.07. The number of hydrogen-bond donors (Lipinski definition) is 1. The van der Waals surface area contributed by atoms with Gasteiger partial charge in [-0.2, -0.15) is 0 Å². The van der Waals surface area contributed by atoms with Crippen LogP contribution in [0.3, 0.4) is 0 Å². The van der Waals surface area contributed by atoms with Crippen LogP contribution in [0.25, 0.3) is 0 Å². The minimum atomic E-state index is -0.0898. The maximum Gasteiger partial charge on any atom is 0.230 e. The van der Waals surface area contributed by atoms with Crippen LogP contribution in [0, 0.1) is 0 Å². The fourth-order valence-electron chi connectivity index (χ4n) is 2.10. The molecule has 2 heterocycles. The average molecular weight is 273 g/mol. The third kappa shape index (κ3) is 2.81. The number of piperazine rings is 1. The number of amides is 1. The van der Waals surface area contributed by atoms with Gasteiger partial charge in [0.1, 0.15) is 0 Å². The fourth-order valence-corrected chi connectivity index (χ4v) is 3.21. The Morgan fingerprint density at radius 2 is 2.41 bits per heavy atom. The van der Waals surface area contributed by atoms with Crippen molar-refractivity contribution >= 4 is 28.8 Å². The van der Waals surface area contributed by atoms with E-state index in [-0.39, 0.29) is 17.9 Å². The predicted molar refractivity (Wildman–Crippen MR) is 71.8 cm³/mol. The number of carbonyl (C=O) groups excluding carboxylic acids is 1. The number of rotatable bonds is 2. The van der Waals surface area contributed by atoms with Crippen molar-refractivity contribution in [3.63, 3.8) is 0 Å². The lowest BCUT2D eigenvalue weighted by molar-refractivity contribution is -0.135. The second-order valence-electron chi connectivity index (χ2n) is 4.45. The minimum Gasteiger partial charge on any atom is -0.337 e. The Bertz CT molecular complexity index is 407. The molecule has 1 N–H and O–H groups in total. The van der Waals surface area contributed by atoms with E-state index in [2.05, 4.69) is 12.2 Å². The maximum atomic E-state index is 12.4. The Balaban J connectivity index is 2.08. The Morgan fingerprint density at radius 3 is 3.00 bits per heavy atom. The molecule has 0 aromatic carbocycles. The molecule has 3 nitrogen and oxygen atoms in total. The fraction of sp³-hybridized carbons (Fsp3) is 0.583. The molecule has 1 saturated heterocycles. The molecule has 94 valence electrons. The van der Waals surface area contributed by atoms with Crippen molar-refractivity contribution in [2.45, 2.75) is 25.8 Å². The second kappa shape index (κ2) is 5.38. The van der Waals surface area contributed by atoms with Crippen LogP contribution in [-0.4, -0.2) is 36.5 Å². The van der Waals surface area contributed by atoms with E-state index in [1.54, 1.807) is 0 Å². The largest absolute Gasteiger partial charge is 0.337 e. The molecule has 2 atom stereocenters. The molecule has 1 aromatic rings. The van der Waals surface area contributed by atoms with E-state index in [1.165, 1.54) is 11.3 Å². The van der Waals surface area contributed by atoms with Crippen LogP contribution in [0.15, 0.2) is 12.1 Å². The van der Waals surface area contributed by atoms with Gasteiger partial charge in [0, 0.05) is 30.6 Å². The molecule has 17 heavy (non-hydrogen) atoms. The highest BCUT2D eigenvalue weighted by Gasteiger charge is 2.28. The molecule has 0 spiro atoms. The summed E-state index contributed by atoms with van der Waals surface area (Å²) < 4.78 is 0.744. The van der Waals surface area contributed by atoms with Crippen LogP contribution in [0.5, 0.6) is 0 Å². The monoisotopic (exact) mass is 272 g/mol. The van der Waals surface area contributed by atoms with Gasteiger partial charge < -0.3 is 10.2 Å². The number of halogens is 1. The highest BCUT2D eigenvalue weighted by atomic mass is 35.5. The molecule has 0 bridgehead atoms. The third-order valence-electron chi connectivity index (χ3n) is 3.18. The minimum absolute atomic E-state index is 0.0898. The zero-order valence-corrected chi connectivity index (χ0v) is 11.6. The normalized spacial score (nSPS) is 22.5. The van der Waals surface area contributed by atoms with E-state index in [0.717, 1.165) is 28.8 Å². The van der Waals surface area contributed by atoms with Gasteiger partial charge in [0.25, 0.3) is 0 Å². The first-order chi connectivity index (χ1) is 8.09. The summed E-state index contributed by atoms with van der Waals surface area (Å²) in [7, 11) is 0. The molecule has 0 radical (unpaired) electrons. The van der Waals surface area contributed by atoms with Gasteiger partial charge >= 0.3 is 0 Å². The summed E-state index contributed by atoms with van der Waals surface area (Å²) in [5, 5.41) is 3.29. The van der Waals surface area contributed by atoms with Crippen molar-refractivity contribution < 1.29 is 4.79 Å². The van der Waals surface area contributed by atoms with Crippen molar-refractivity contribution in [2.75, 3.05) is 19.6 Å². The first-order valence-corrected chi connectivity index (χ1v) is 7.05. The van der Waals surface area contributed by atoms with Crippen molar-refractivity contribution in [2.24, 2.45) is 0 Å². The Hall–Kier alpha value is -0.580. The van der Waals surface area contributed by atoms with Gasteiger partial charge in [0.2, 0.25) is 5.91 Å². The number of nitrogens with zero attached hydrogens (tertiary/aromatic N) is 1. The highest BCUT2D eigenvalue weighted by molar-refractivity contribution is 7.16. The van der Waals surface area contributed by atoms with Gasteiger partial charge in [-0.1, -0.05) is 11.6 Å². The summed E-state index contributed by atoms with van der Waals surface area (Å²) in [6, 6.07) is 4.07. The van der Waals surface area contributed by atoms with E-state index >= 15 is 0 Å². The number of carbonyl (C=O) groups is 1. The number of nitrogens with one attached hydrogen (secondary N) is 1. The Labute approximate surface area is 111 Å². The van der Waals surface area contributed by atoms with Crippen LogP contribution in [-0.2, 0) is 4.79 Å². The molecule has 1 aromatic heterocycles. The molecule has 1 fully saturated rings. The zero-order chi connectivity index (χ0) is 12.4. The van der Waals surface area contributed by atoms with Crippen LogP contribution >= 0.6 is 22.9 Å². The van der Waals surface area contributed by atoms with Gasteiger partial charge in [-0.15, -0.1) is 11.3 Å². The molecular formula is C12H17ClN2OS. The quantitative estimate of drug-likeness (QED) is 0.896. The molecule has 1 aliphatic heterocycles. The Morgan fingerprint density at radius 1 is 1.65 bits per heavy atom. The second-order valence-corrected chi connectivity index (χ2v) is 6.20. The number of hydrogen-bond acceptors (Lipinski definition) is 3. The summed E-state index contributed by atoms with van der Waals surface area (Å²) in [5.41, 5.74) is 0. The molecule has 1 amide bonds. The zero-order valence-electron chi connectivity index (χ0n) is 10.1. The summed E-state index contributed by atoms with van der Waals surface area (Å²) in [4.78, 5) is 15.4. The van der Waals surface area contributed by atoms with Crippen LogP contribution in [0.2, 0.25) is 4.34 Å². The summed E-state index contributed by atoms with van der Waals surface area (Å²) in [5.74, 6) is 0.116. The highest BCUT2D eigenvalue weighted by Crippen LogP contribution is 2.29. The van der Waals surface area contributed by atoms with Gasteiger partial charge in [-0.25, -0.2) is 0 Å². The van der Waals surface area contributed by atoms with Gasteiger partial charge in [-0.3, -0.25) is 4.79 Å². The van der Waals surface area contributed by atoms with Gasteiger partial charge in [-0.05, 0) is 26.0 Å². The van der Waals surface area contributed by atoms with Crippen molar-refractivity contribution in [3.05, 3.63) is 21.3 Å². The van der Waals surface area contributed by atoms with Crippen LogP contribution < -0.4 is 5.32 Å². The lowest BCUT2D eigenvalue weighted by Crippen LogP contribution is -2.53. The van der Waals surface area contributed by atoms with Gasteiger partial charge in [0.05, 0.1) is 10.3 Å². The lowest BCUT2D eigenvalue weighted by atomic mass is 10.1. The third-order valence-corrected chi connectivity index (χ3v) is 4.59. The summed E-state index contributed by atoms with van der Waals surface area (Å²) in [6.45, 7) is 6.60.